The SMILES string of the molecule is Cc1nnc(N[C@H](C)c2cccc3ccccc23)c2cc(N3CCNCC3)ccc12.O=CO. The molecule has 0 spiro atoms. The number of hydrogen-bond donors (Lipinski definition) is 3. The summed E-state index contributed by atoms with van der Waals surface area (Å²) < 4.78 is 0. The molecule has 1 saturated heterocycles. The number of nitrogens with zero attached hydrogens (tertiary/aromatic N) is 3. The third-order valence-corrected chi connectivity index (χ3v) is 6.07. The molecule has 0 bridgehead atoms. The van der Waals surface area contributed by atoms with Gasteiger partial charge in [0.25, 0.3) is 6.47 Å². The number of benzene rings is 3. The summed E-state index contributed by atoms with van der Waals surface area (Å²) in [6.07, 6.45) is 0. The standard InChI is InChI=1S/C25H27N5.CH2O2/c1-17(21-9-5-7-19-6-3-4-8-23(19)21)27-25-24-16-20(30-14-12-26-13-15-30)10-11-22(24)18(2)28-29-25;2-1-3/h3-11,16-17,26H,12-15H2,1-2H3,(H,27,29);1H,(H,2,3)/t17-;/m1./s1. The van der Waals surface area contributed by atoms with Gasteiger partial charge in [0.2, 0.25) is 0 Å². The van der Waals surface area contributed by atoms with Crippen LogP contribution in [0.25, 0.3) is 21.5 Å². The third-order valence-electron chi connectivity index (χ3n) is 6.07. The van der Waals surface area contributed by atoms with E-state index in [1.807, 2.05) is 6.92 Å². The lowest BCUT2D eigenvalue weighted by atomic mass is 9.99. The van der Waals surface area contributed by atoms with Crippen LogP contribution in [0.2, 0.25) is 0 Å². The first-order valence-electron chi connectivity index (χ1n) is 11.2. The number of nitrogens with one attached hydrogen (secondary N) is 2. The van der Waals surface area contributed by atoms with E-state index in [4.69, 9.17) is 9.90 Å². The number of aromatic nitrogens is 2. The first-order valence-corrected chi connectivity index (χ1v) is 11.2. The molecule has 0 radical (unpaired) electrons. The molecular formula is C26H29N5O2. The van der Waals surface area contributed by atoms with Gasteiger partial charge in [-0.15, -0.1) is 5.10 Å². The minimum absolute atomic E-state index is 0.110. The number of hydrogen-bond acceptors (Lipinski definition) is 6. The Morgan fingerprint density at radius 3 is 2.52 bits per heavy atom. The van der Waals surface area contributed by atoms with Crippen molar-refractivity contribution in [2.75, 3.05) is 36.4 Å². The monoisotopic (exact) mass is 443 g/mol. The van der Waals surface area contributed by atoms with E-state index in [2.05, 4.69) is 93.3 Å². The maximum atomic E-state index is 8.36. The van der Waals surface area contributed by atoms with Crippen molar-refractivity contribution >= 4 is 39.5 Å². The van der Waals surface area contributed by atoms with E-state index in [0.29, 0.717) is 0 Å². The van der Waals surface area contributed by atoms with E-state index in [1.54, 1.807) is 0 Å². The summed E-state index contributed by atoms with van der Waals surface area (Å²) >= 11 is 0. The molecule has 5 rings (SSSR count). The van der Waals surface area contributed by atoms with Gasteiger partial charge in [-0.1, -0.05) is 48.5 Å². The molecule has 7 heteroatoms. The Kier molecular flexibility index (Phi) is 7.00. The van der Waals surface area contributed by atoms with Gasteiger partial charge >= 0.3 is 0 Å². The average molecular weight is 444 g/mol. The molecule has 2 heterocycles. The second-order valence-corrected chi connectivity index (χ2v) is 8.14. The molecule has 170 valence electrons. The van der Waals surface area contributed by atoms with E-state index in [9.17, 15) is 0 Å². The number of fused-ring (bicyclic) bond motifs is 2. The van der Waals surface area contributed by atoms with E-state index in [-0.39, 0.29) is 12.5 Å². The van der Waals surface area contributed by atoms with Crippen LogP contribution in [-0.4, -0.2) is 48.0 Å². The summed E-state index contributed by atoms with van der Waals surface area (Å²) in [5, 5.41) is 27.7. The van der Waals surface area contributed by atoms with E-state index >= 15 is 0 Å². The van der Waals surface area contributed by atoms with Crippen LogP contribution in [0.15, 0.2) is 60.7 Å². The molecule has 4 aromatic rings. The summed E-state index contributed by atoms with van der Waals surface area (Å²) in [6, 6.07) is 21.8. The fraction of sp³-hybridized carbons (Fsp3) is 0.269. The van der Waals surface area contributed by atoms with Gasteiger partial charge in [-0.25, -0.2) is 0 Å². The van der Waals surface area contributed by atoms with Crippen molar-refractivity contribution in [1.29, 1.82) is 0 Å². The summed E-state index contributed by atoms with van der Waals surface area (Å²) in [5.74, 6) is 0.841. The van der Waals surface area contributed by atoms with E-state index in [0.717, 1.165) is 48.5 Å². The van der Waals surface area contributed by atoms with Crippen LogP contribution in [0.4, 0.5) is 11.5 Å². The van der Waals surface area contributed by atoms with Crippen molar-refractivity contribution < 1.29 is 9.90 Å². The summed E-state index contributed by atoms with van der Waals surface area (Å²) in [5.41, 5.74) is 3.47. The Hall–Kier alpha value is -3.71. The Morgan fingerprint density at radius 2 is 1.73 bits per heavy atom. The normalized spacial score (nSPS) is 14.4. The van der Waals surface area contributed by atoms with Crippen LogP contribution in [0.3, 0.4) is 0 Å². The van der Waals surface area contributed by atoms with Gasteiger partial charge in [-0.05, 0) is 42.3 Å². The topological polar surface area (TPSA) is 90.4 Å². The highest BCUT2D eigenvalue weighted by Gasteiger charge is 2.16. The largest absolute Gasteiger partial charge is 0.483 e. The molecule has 3 N–H and O–H groups in total. The number of anilines is 2. The van der Waals surface area contributed by atoms with Gasteiger partial charge in [0.05, 0.1) is 11.7 Å². The molecule has 0 amide bonds. The lowest BCUT2D eigenvalue weighted by Gasteiger charge is -2.29. The maximum Gasteiger partial charge on any atom is 0.290 e. The quantitative estimate of drug-likeness (QED) is 0.403. The first-order chi connectivity index (χ1) is 16.1. The van der Waals surface area contributed by atoms with Crippen molar-refractivity contribution in [2.45, 2.75) is 19.9 Å². The molecule has 1 fully saturated rings. The predicted molar refractivity (Wildman–Crippen MR) is 134 cm³/mol. The van der Waals surface area contributed by atoms with E-state index < -0.39 is 0 Å². The fourth-order valence-electron chi connectivity index (χ4n) is 4.41. The van der Waals surface area contributed by atoms with Gasteiger partial charge in [0.15, 0.2) is 5.82 Å². The van der Waals surface area contributed by atoms with Crippen molar-refractivity contribution in [1.82, 2.24) is 15.5 Å². The Balaban J connectivity index is 0.000000821. The molecule has 1 aliphatic heterocycles. The minimum atomic E-state index is -0.250. The van der Waals surface area contributed by atoms with Gasteiger partial charge in [-0.2, -0.15) is 5.10 Å². The van der Waals surface area contributed by atoms with Gasteiger partial charge in [0, 0.05) is 42.6 Å². The lowest BCUT2D eigenvalue weighted by molar-refractivity contribution is -0.122. The number of carbonyl (C=O) groups is 1. The average Bonchev–Trinajstić information content (AvgIpc) is 2.86. The first kappa shape index (κ1) is 22.5. The Bertz CT molecular complexity index is 1250. The smallest absolute Gasteiger partial charge is 0.290 e. The van der Waals surface area contributed by atoms with Gasteiger partial charge in [-0.3, -0.25) is 4.79 Å². The predicted octanol–water partition coefficient (Wildman–Crippen LogP) is 4.37. The highest BCUT2D eigenvalue weighted by Crippen LogP contribution is 2.32. The molecule has 0 saturated carbocycles. The molecule has 1 atom stereocenters. The van der Waals surface area contributed by atoms with Crippen molar-refractivity contribution in [2.24, 2.45) is 0 Å². The van der Waals surface area contributed by atoms with Crippen molar-refractivity contribution in [3.63, 3.8) is 0 Å². The fourth-order valence-corrected chi connectivity index (χ4v) is 4.41. The molecular weight excluding hydrogens is 414 g/mol. The highest BCUT2D eigenvalue weighted by atomic mass is 16.3. The van der Waals surface area contributed by atoms with Crippen LogP contribution in [-0.2, 0) is 4.79 Å². The zero-order valence-electron chi connectivity index (χ0n) is 19.0. The minimum Gasteiger partial charge on any atom is -0.483 e. The van der Waals surface area contributed by atoms with Crippen LogP contribution in [0, 0.1) is 6.92 Å². The Morgan fingerprint density at radius 1 is 1.00 bits per heavy atom. The second kappa shape index (κ2) is 10.3. The summed E-state index contributed by atoms with van der Waals surface area (Å²) in [6.45, 7) is 8.06. The number of aryl methyl sites for hydroxylation is 1. The molecule has 3 aromatic carbocycles. The lowest BCUT2D eigenvalue weighted by Crippen LogP contribution is -2.43. The third kappa shape index (κ3) is 4.88. The molecule has 0 unspecified atom stereocenters. The Labute approximate surface area is 193 Å². The number of carboxylic acid groups (broad SMARTS) is 1. The van der Waals surface area contributed by atoms with Crippen molar-refractivity contribution in [3.8, 4) is 0 Å². The zero-order valence-corrected chi connectivity index (χ0v) is 19.0. The summed E-state index contributed by atoms with van der Waals surface area (Å²) in [7, 11) is 0. The molecule has 33 heavy (non-hydrogen) atoms. The van der Waals surface area contributed by atoms with Crippen LogP contribution in [0.5, 0.6) is 0 Å². The van der Waals surface area contributed by atoms with Crippen LogP contribution >= 0.6 is 0 Å². The van der Waals surface area contributed by atoms with Gasteiger partial charge < -0.3 is 20.6 Å². The molecule has 1 aliphatic rings. The van der Waals surface area contributed by atoms with Crippen LogP contribution < -0.4 is 15.5 Å². The molecule has 1 aromatic heterocycles. The van der Waals surface area contributed by atoms with E-state index in [1.165, 1.54) is 22.0 Å². The van der Waals surface area contributed by atoms with Crippen LogP contribution in [0.1, 0.15) is 24.2 Å². The maximum absolute atomic E-state index is 8.36. The highest BCUT2D eigenvalue weighted by molar-refractivity contribution is 5.95. The number of piperazine rings is 1. The van der Waals surface area contributed by atoms with Gasteiger partial charge in [0.1, 0.15) is 0 Å². The molecule has 7 nitrogen and oxygen atoms in total. The number of rotatable bonds is 4. The second-order valence-electron chi connectivity index (χ2n) is 8.14. The zero-order chi connectivity index (χ0) is 23.2. The summed E-state index contributed by atoms with van der Waals surface area (Å²) in [4.78, 5) is 10.8. The molecule has 0 aliphatic carbocycles. The van der Waals surface area contributed by atoms with Crippen molar-refractivity contribution in [3.05, 3.63) is 71.9 Å².